The third-order valence-electron chi connectivity index (χ3n) is 4.23. The normalized spacial score (nSPS) is 29.1. The summed E-state index contributed by atoms with van der Waals surface area (Å²) < 4.78 is 5.46. The van der Waals surface area contributed by atoms with Gasteiger partial charge in [0.15, 0.2) is 0 Å². The first kappa shape index (κ1) is 14.7. The molecule has 1 N–H and O–H groups in total. The molecule has 2 fully saturated rings. The van der Waals surface area contributed by atoms with Crippen LogP contribution in [0.15, 0.2) is 24.3 Å². The molecule has 2 saturated heterocycles. The van der Waals surface area contributed by atoms with E-state index in [1.165, 1.54) is 18.6 Å². The smallest absolute Gasteiger partial charge is 0.241 e. The number of nitrogens with zero attached hydrogens (tertiary/aromatic N) is 1. The minimum atomic E-state index is -0.133. The topological polar surface area (TPSA) is 41.6 Å². The van der Waals surface area contributed by atoms with Crippen molar-refractivity contribution < 1.29 is 9.53 Å². The predicted molar refractivity (Wildman–Crippen MR) is 85.5 cm³/mol. The zero-order chi connectivity index (χ0) is 14.8. The Balaban J connectivity index is 1.85. The van der Waals surface area contributed by atoms with Gasteiger partial charge in [0.2, 0.25) is 5.91 Å². The average molecular weight is 306 g/mol. The SMILES string of the molecule is COc1ccccc1C1NC(C)C(=O)N1CC1CCCS1. The molecule has 0 bridgehead atoms. The molecule has 1 amide bonds. The van der Waals surface area contributed by atoms with Gasteiger partial charge in [-0.2, -0.15) is 11.8 Å². The lowest BCUT2D eigenvalue weighted by Gasteiger charge is -2.28. The maximum absolute atomic E-state index is 12.5. The Bertz CT molecular complexity index is 517. The summed E-state index contributed by atoms with van der Waals surface area (Å²) in [4.78, 5) is 14.5. The van der Waals surface area contributed by atoms with Crippen LogP contribution in [-0.2, 0) is 4.79 Å². The number of hydrogen-bond acceptors (Lipinski definition) is 4. The number of nitrogens with one attached hydrogen (secondary N) is 1. The van der Waals surface area contributed by atoms with Gasteiger partial charge in [-0.15, -0.1) is 0 Å². The van der Waals surface area contributed by atoms with Gasteiger partial charge in [-0.25, -0.2) is 0 Å². The third kappa shape index (κ3) is 2.90. The van der Waals surface area contributed by atoms with Crippen molar-refractivity contribution in [1.29, 1.82) is 0 Å². The van der Waals surface area contributed by atoms with E-state index in [2.05, 4.69) is 5.32 Å². The number of benzene rings is 1. The maximum atomic E-state index is 12.5. The maximum Gasteiger partial charge on any atom is 0.241 e. The number of amides is 1. The summed E-state index contributed by atoms with van der Waals surface area (Å²) in [6.07, 6.45) is 2.39. The molecule has 3 unspecified atom stereocenters. The Labute approximate surface area is 130 Å². The van der Waals surface area contributed by atoms with Crippen LogP contribution in [0.2, 0.25) is 0 Å². The molecule has 0 saturated carbocycles. The van der Waals surface area contributed by atoms with Crippen molar-refractivity contribution in [3.8, 4) is 5.75 Å². The summed E-state index contributed by atoms with van der Waals surface area (Å²) in [6, 6.07) is 7.81. The second kappa shape index (κ2) is 6.28. The van der Waals surface area contributed by atoms with Gasteiger partial charge in [-0.05, 0) is 31.6 Å². The van der Waals surface area contributed by atoms with Crippen molar-refractivity contribution in [2.45, 2.75) is 37.2 Å². The van der Waals surface area contributed by atoms with E-state index in [4.69, 9.17) is 4.74 Å². The molecule has 2 aliphatic heterocycles. The van der Waals surface area contributed by atoms with Gasteiger partial charge in [-0.3, -0.25) is 10.1 Å². The molecule has 0 spiro atoms. The summed E-state index contributed by atoms with van der Waals surface area (Å²) in [7, 11) is 1.68. The number of para-hydroxylation sites is 1. The molecule has 3 atom stereocenters. The van der Waals surface area contributed by atoms with Crippen molar-refractivity contribution in [2.75, 3.05) is 19.4 Å². The van der Waals surface area contributed by atoms with Crippen molar-refractivity contribution in [1.82, 2.24) is 10.2 Å². The van der Waals surface area contributed by atoms with Gasteiger partial charge in [0.25, 0.3) is 0 Å². The van der Waals surface area contributed by atoms with Crippen molar-refractivity contribution in [2.24, 2.45) is 0 Å². The van der Waals surface area contributed by atoms with E-state index in [0.717, 1.165) is 17.9 Å². The molecule has 2 aliphatic rings. The molecule has 114 valence electrons. The van der Waals surface area contributed by atoms with Crippen molar-refractivity contribution >= 4 is 17.7 Å². The van der Waals surface area contributed by atoms with Crippen LogP contribution in [-0.4, -0.2) is 41.5 Å². The van der Waals surface area contributed by atoms with E-state index in [9.17, 15) is 4.79 Å². The minimum Gasteiger partial charge on any atom is -0.496 e. The van der Waals surface area contributed by atoms with Crippen molar-refractivity contribution in [3.63, 3.8) is 0 Å². The first-order valence-corrected chi connectivity index (χ1v) is 8.56. The van der Waals surface area contributed by atoms with E-state index < -0.39 is 0 Å². The zero-order valence-electron chi connectivity index (χ0n) is 12.5. The van der Waals surface area contributed by atoms with E-state index in [1.807, 2.05) is 47.9 Å². The van der Waals surface area contributed by atoms with E-state index in [0.29, 0.717) is 5.25 Å². The summed E-state index contributed by atoms with van der Waals surface area (Å²) in [5.41, 5.74) is 1.04. The Morgan fingerprint density at radius 1 is 1.43 bits per heavy atom. The second-order valence-corrected chi connectivity index (χ2v) is 7.07. The number of rotatable bonds is 4. The Hall–Kier alpha value is -1.20. The monoisotopic (exact) mass is 306 g/mol. The van der Waals surface area contributed by atoms with Crippen LogP contribution < -0.4 is 10.1 Å². The van der Waals surface area contributed by atoms with E-state index in [-0.39, 0.29) is 18.1 Å². The highest BCUT2D eigenvalue weighted by atomic mass is 32.2. The predicted octanol–water partition coefficient (Wildman–Crippen LogP) is 2.41. The van der Waals surface area contributed by atoms with Gasteiger partial charge < -0.3 is 9.64 Å². The number of carbonyl (C=O) groups is 1. The molecule has 21 heavy (non-hydrogen) atoms. The average Bonchev–Trinajstić information content (AvgIpc) is 3.11. The lowest BCUT2D eigenvalue weighted by Crippen LogP contribution is -2.35. The molecule has 0 aliphatic carbocycles. The summed E-state index contributed by atoms with van der Waals surface area (Å²) >= 11 is 1.99. The molecule has 4 nitrogen and oxygen atoms in total. The Kier molecular flexibility index (Phi) is 4.40. The van der Waals surface area contributed by atoms with Crippen LogP contribution in [0.1, 0.15) is 31.5 Å². The Morgan fingerprint density at radius 2 is 2.24 bits per heavy atom. The molecule has 0 radical (unpaired) electrons. The molecular formula is C16H22N2O2S. The molecule has 5 heteroatoms. The first-order valence-electron chi connectivity index (χ1n) is 7.51. The molecule has 1 aromatic carbocycles. The zero-order valence-corrected chi connectivity index (χ0v) is 13.4. The van der Waals surface area contributed by atoms with Crippen LogP contribution in [0.3, 0.4) is 0 Å². The lowest BCUT2D eigenvalue weighted by atomic mass is 10.1. The molecule has 1 aromatic rings. The number of hydrogen-bond donors (Lipinski definition) is 1. The fraction of sp³-hybridized carbons (Fsp3) is 0.562. The fourth-order valence-corrected chi connectivity index (χ4v) is 4.39. The highest BCUT2D eigenvalue weighted by Gasteiger charge is 2.39. The van der Waals surface area contributed by atoms with Crippen LogP contribution in [0.5, 0.6) is 5.75 Å². The lowest BCUT2D eigenvalue weighted by molar-refractivity contribution is -0.129. The summed E-state index contributed by atoms with van der Waals surface area (Å²) in [5, 5.41) is 3.97. The number of methoxy groups -OCH3 is 1. The number of thioether (sulfide) groups is 1. The molecule has 0 aromatic heterocycles. The molecule has 3 rings (SSSR count). The van der Waals surface area contributed by atoms with Crippen LogP contribution in [0.4, 0.5) is 0 Å². The quantitative estimate of drug-likeness (QED) is 0.927. The standard InChI is InChI=1S/C16H22N2O2S/c1-11-16(19)18(10-12-6-5-9-21-12)15(17-11)13-7-3-4-8-14(13)20-2/h3-4,7-8,11-12,15,17H,5-6,9-10H2,1-2H3. The summed E-state index contributed by atoms with van der Waals surface area (Å²) in [6.45, 7) is 2.76. The summed E-state index contributed by atoms with van der Waals surface area (Å²) in [5.74, 6) is 2.24. The fourth-order valence-electron chi connectivity index (χ4n) is 3.13. The van der Waals surface area contributed by atoms with Gasteiger partial charge in [0, 0.05) is 17.4 Å². The highest BCUT2D eigenvalue weighted by Crippen LogP contribution is 2.35. The number of ether oxygens (including phenoxy) is 1. The van der Waals surface area contributed by atoms with Crippen LogP contribution in [0, 0.1) is 0 Å². The Morgan fingerprint density at radius 3 is 2.95 bits per heavy atom. The molecular weight excluding hydrogens is 284 g/mol. The first-order chi connectivity index (χ1) is 10.2. The largest absolute Gasteiger partial charge is 0.496 e. The van der Waals surface area contributed by atoms with Crippen LogP contribution >= 0.6 is 11.8 Å². The third-order valence-corrected chi connectivity index (χ3v) is 5.61. The van der Waals surface area contributed by atoms with Gasteiger partial charge in [-0.1, -0.05) is 18.2 Å². The number of carbonyl (C=O) groups excluding carboxylic acids is 1. The second-order valence-electron chi connectivity index (χ2n) is 5.66. The van der Waals surface area contributed by atoms with E-state index in [1.54, 1.807) is 7.11 Å². The minimum absolute atomic E-state index is 0.0788. The van der Waals surface area contributed by atoms with Gasteiger partial charge in [0.05, 0.1) is 13.2 Å². The van der Waals surface area contributed by atoms with Crippen LogP contribution in [0.25, 0.3) is 0 Å². The molecule has 2 heterocycles. The van der Waals surface area contributed by atoms with Gasteiger partial charge in [0.1, 0.15) is 11.9 Å². The van der Waals surface area contributed by atoms with Gasteiger partial charge >= 0.3 is 0 Å². The van der Waals surface area contributed by atoms with E-state index >= 15 is 0 Å². The highest BCUT2D eigenvalue weighted by molar-refractivity contribution is 8.00. The van der Waals surface area contributed by atoms with Crippen molar-refractivity contribution in [3.05, 3.63) is 29.8 Å².